The first kappa shape index (κ1) is 27.3. The summed E-state index contributed by atoms with van der Waals surface area (Å²) in [6.07, 6.45) is 9.03. The highest BCUT2D eigenvalue weighted by molar-refractivity contribution is 6.11. The van der Waals surface area contributed by atoms with Crippen LogP contribution in [0.3, 0.4) is 0 Å². The highest BCUT2D eigenvalue weighted by Crippen LogP contribution is 2.37. The molecule has 6 aromatic carbocycles. The highest BCUT2D eigenvalue weighted by Gasteiger charge is 2.15. The third-order valence-corrected chi connectivity index (χ3v) is 9.28. The number of furan rings is 2. The number of aromatic nitrogens is 1. The van der Waals surface area contributed by atoms with Gasteiger partial charge in [0.25, 0.3) is 0 Å². The van der Waals surface area contributed by atoms with Crippen molar-refractivity contribution in [3.05, 3.63) is 169 Å². The van der Waals surface area contributed by atoms with Crippen molar-refractivity contribution >= 4 is 71.3 Å². The first-order chi connectivity index (χ1) is 23.1. The smallest absolute Gasteiger partial charge is 0.135 e. The summed E-state index contributed by atoms with van der Waals surface area (Å²) in [5, 5.41) is 7.02. The summed E-state index contributed by atoms with van der Waals surface area (Å²) < 4.78 is 14.8. The molecule has 3 nitrogen and oxygen atoms in total. The van der Waals surface area contributed by atoms with E-state index in [0.717, 1.165) is 67.1 Å². The van der Waals surface area contributed by atoms with Gasteiger partial charge in [0.15, 0.2) is 0 Å². The van der Waals surface area contributed by atoms with Crippen LogP contribution in [0.4, 0.5) is 0 Å². The Morgan fingerprint density at radius 2 is 1.21 bits per heavy atom. The largest absolute Gasteiger partial charge is 0.456 e. The normalized spacial score (nSPS) is 12.6. The van der Waals surface area contributed by atoms with Gasteiger partial charge in [-0.15, -0.1) is 0 Å². The van der Waals surface area contributed by atoms with Crippen molar-refractivity contribution in [1.29, 1.82) is 0 Å². The van der Waals surface area contributed by atoms with Gasteiger partial charge in [-0.25, -0.2) is 0 Å². The number of benzene rings is 6. The van der Waals surface area contributed by atoms with E-state index in [1.807, 2.05) is 12.2 Å². The van der Waals surface area contributed by atoms with Gasteiger partial charge in [0.05, 0.1) is 11.0 Å². The zero-order chi connectivity index (χ0) is 31.5. The Kier molecular flexibility index (Phi) is 6.26. The molecule has 3 heterocycles. The molecule has 0 saturated heterocycles. The van der Waals surface area contributed by atoms with E-state index in [2.05, 4.69) is 152 Å². The van der Waals surface area contributed by atoms with Gasteiger partial charge in [-0.05, 0) is 96.8 Å². The molecule has 0 aliphatic rings. The summed E-state index contributed by atoms with van der Waals surface area (Å²) in [7, 11) is 0. The van der Waals surface area contributed by atoms with Crippen LogP contribution in [0.1, 0.15) is 16.7 Å². The van der Waals surface area contributed by atoms with Crippen molar-refractivity contribution in [2.45, 2.75) is 13.3 Å². The SMILES string of the molecule is C=C/C=C\C(=C/Cc1ccc2oc3ccc(C)cc3c2c1)c1ccc2oc3ccc(-n4c5ccccc5c5ccccc54)cc3c2c1. The fourth-order valence-corrected chi connectivity index (χ4v) is 7.03. The molecule has 224 valence electrons. The van der Waals surface area contributed by atoms with Gasteiger partial charge in [0.2, 0.25) is 0 Å². The van der Waals surface area contributed by atoms with E-state index >= 15 is 0 Å². The molecule has 0 bridgehead atoms. The summed E-state index contributed by atoms with van der Waals surface area (Å²) >= 11 is 0. The van der Waals surface area contributed by atoms with E-state index in [0.29, 0.717) is 0 Å². The molecule has 3 aromatic heterocycles. The van der Waals surface area contributed by atoms with Crippen LogP contribution in [0.5, 0.6) is 0 Å². The third-order valence-electron chi connectivity index (χ3n) is 9.28. The van der Waals surface area contributed by atoms with E-state index in [9.17, 15) is 0 Å². The van der Waals surface area contributed by atoms with E-state index in [1.54, 1.807) is 0 Å². The Morgan fingerprint density at radius 3 is 1.94 bits per heavy atom. The molecule has 47 heavy (non-hydrogen) atoms. The molecule has 9 rings (SSSR count). The number of fused-ring (bicyclic) bond motifs is 9. The molecular weight excluding hydrogens is 574 g/mol. The van der Waals surface area contributed by atoms with Crippen LogP contribution in [0.2, 0.25) is 0 Å². The number of nitrogens with zero attached hydrogens (tertiary/aromatic N) is 1. The minimum atomic E-state index is 0.785. The monoisotopic (exact) mass is 605 g/mol. The molecule has 0 aliphatic heterocycles. The van der Waals surface area contributed by atoms with Crippen LogP contribution in [0, 0.1) is 6.92 Å². The molecule has 3 heteroatoms. The van der Waals surface area contributed by atoms with Gasteiger partial charge in [0, 0.05) is 38.0 Å². The lowest BCUT2D eigenvalue weighted by Gasteiger charge is -2.08. The summed E-state index contributed by atoms with van der Waals surface area (Å²) in [6.45, 7) is 6.05. The number of para-hydroxylation sites is 2. The Bertz CT molecular complexity index is 2690. The molecule has 0 unspecified atom stereocenters. The second-order valence-electron chi connectivity index (χ2n) is 12.3. The van der Waals surface area contributed by atoms with Gasteiger partial charge < -0.3 is 13.4 Å². The predicted octanol–water partition coefficient (Wildman–Crippen LogP) is 12.3. The van der Waals surface area contributed by atoms with Crippen LogP contribution < -0.4 is 0 Å². The lowest BCUT2D eigenvalue weighted by atomic mass is 9.99. The average molecular weight is 606 g/mol. The lowest BCUT2D eigenvalue weighted by molar-refractivity contribution is 0.668. The van der Waals surface area contributed by atoms with Crippen molar-refractivity contribution in [2.24, 2.45) is 0 Å². The molecule has 9 aromatic rings. The number of hydrogen-bond acceptors (Lipinski definition) is 2. The third kappa shape index (κ3) is 4.51. The molecule has 0 spiro atoms. The second-order valence-corrected chi connectivity index (χ2v) is 12.3. The minimum absolute atomic E-state index is 0.785. The maximum absolute atomic E-state index is 6.35. The topological polar surface area (TPSA) is 31.2 Å². The molecule has 0 fully saturated rings. The second kappa shape index (κ2) is 10.8. The van der Waals surface area contributed by atoms with Gasteiger partial charge >= 0.3 is 0 Å². The predicted molar refractivity (Wildman–Crippen MR) is 198 cm³/mol. The maximum Gasteiger partial charge on any atom is 0.135 e. The van der Waals surface area contributed by atoms with E-state index in [4.69, 9.17) is 8.83 Å². The fraction of sp³-hybridized carbons (Fsp3) is 0.0455. The quantitative estimate of drug-likeness (QED) is 0.177. The lowest BCUT2D eigenvalue weighted by Crippen LogP contribution is -1.93. The van der Waals surface area contributed by atoms with Crippen molar-refractivity contribution in [3.8, 4) is 5.69 Å². The van der Waals surface area contributed by atoms with E-state index in [-0.39, 0.29) is 0 Å². The summed E-state index contributed by atoms with van der Waals surface area (Å²) in [5.74, 6) is 0. The fourth-order valence-electron chi connectivity index (χ4n) is 7.03. The van der Waals surface area contributed by atoms with Gasteiger partial charge in [-0.3, -0.25) is 0 Å². The maximum atomic E-state index is 6.35. The van der Waals surface area contributed by atoms with Crippen molar-refractivity contribution in [1.82, 2.24) is 4.57 Å². The van der Waals surface area contributed by atoms with Crippen molar-refractivity contribution in [3.63, 3.8) is 0 Å². The van der Waals surface area contributed by atoms with Crippen molar-refractivity contribution in [2.75, 3.05) is 0 Å². The molecular formula is C44H31NO2. The van der Waals surface area contributed by atoms with Gasteiger partial charge in [-0.2, -0.15) is 0 Å². The summed E-state index contributed by atoms with van der Waals surface area (Å²) in [5.41, 5.74) is 11.8. The Balaban J connectivity index is 1.14. The number of hydrogen-bond donors (Lipinski definition) is 0. The Hall–Kier alpha value is -6.06. The molecule has 0 radical (unpaired) electrons. The first-order valence-electron chi connectivity index (χ1n) is 16.0. The minimum Gasteiger partial charge on any atom is -0.456 e. The zero-order valence-corrected chi connectivity index (χ0v) is 26.0. The summed E-state index contributed by atoms with van der Waals surface area (Å²) in [6, 6.07) is 43.1. The van der Waals surface area contributed by atoms with E-state index in [1.165, 1.54) is 32.9 Å². The van der Waals surface area contributed by atoms with Crippen molar-refractivity contribution < 1.29 is 8.83 Å². The van der Waals surface area contributed by atoms with Crippen LogP contribution >= 0.6 is 0 Å². The highest BCUT2D eigenvalue weighted by atomic mass is 16.3. The molecule has 0 saturated carbocycles. The molecule has 0 atom stereocenters. The Morgan fingerprint density at radius 1 is 0.617 bits per heavy atom. The number of rotatable bonds is 6. The van der Waals surface area contributed by atoms with Gasteiger partial charge in [0.1, 0.15) is 22.3 Å². The summed E-state index contributed by atoms with van der Waals surface area (Å²) in [4.78, 5) is 0. The molecule has 0 aliphatic carbocycles. The van der Waals surface area contributed by atoms with Crippen LogP contribution in [0.15, 0.2) is 161 Å². The zero-order valence-electron chi connectivity index (χ0n) is 26.0. The average Bonchev–Trinajstić information content (AvgIpc) is 3.77. The molecule has 0 N–H and O–H groups in total. The van der Waals surface area contributed by atoms with Gasteiger partial charge in [-0.1, -0.05) is 91.0 Å². The molecule has 0 amide bonds. The van der Waals surface area contributed by atoms with Crippen LogP contribution in [-0.4, -0.2) is 4.57 Å². The van der Waals surface area contributed by atoms with Crippen LogP contribution in [0.25, 0.3) is 76.9 Å². The number of aryl methyl sites for hydroxylation is 1. The standard InChI is InChI=1S/C44H31NO2/c1-3-4-9-30(17-15-29-16-21-42-36(25-29)35-24-28(2)14-20-41(35)46-42)31-18-22-43-37(26-31)38-27-32(19-23-44(38)47-43)45-39-12-7-5-10-33(39)34-11-6-8-13-40(34)45/h3-14,16-27H,1,15H2,2H3/b9-4-,30-17+. The Labute approximate surface area is 271 Å². The van der Waals surface area contributed by atoms with Crippen LogP contribution in [-0.2, 0) is 6.42 Å². The first-order valence-corrected chi connectivity index (χ1v) is 16.0. The number of allylic oxidation sites excluding steroid dienone is 5. The van der Waals surface area contributed by atoms with E-state index < -0.39 is 0 Å².